The van der Waals surface area contributed by atoms with Crippen molar-refractivity contribution >= 4 is 11.7 Å². The second-order valence-electron chi connectivity index (χ2n) is 6.39. The van der Waals surface area contributed by atoms with E-state index in [1.54, 1.807) is 0 Å². The molecular weight excluding hydrogens is 418 g/mol. The van der Waals surface area contributed by atoms with Gasteiger partial charge in [0.2, 0.25) is 0 Å². The van der Waals surface area contributed by atoms with E-state index in [0.29, 0.717) is 0 Å². The van der Waals surface area contributed by atoms with Gasteiger partial charge in [-0.1, -0.05) is 12.1 Å². The Labute approximate surface area is 174 Å². The zero-order chi connectivity index (χ0) is 22.5. The van der Waals surface area contributed by atoms with Gasteiger partial charge in [0, 0.05) is 17.7 Å². The van der Waals surface area contributed by atoms with Crippen molar-refractivity contribution in [3.05, 3.63) is 77.4 Å². The molecule has 3 rings (SSSR count). The Bertz CT molecular complexity index is 1120. The van der Waals surface area contributed by atoms with Crippen molar-refractivity contribution < 1.29 is 36.9 Å². The number of carbonyl (C=O) groups is 1. The first-order valence-electron chi connectivity index (χ1n) is 8.99. The molecule has 2 N–H and O–H groups in total. The van der Waals surface area contributed by atoms with Crippen LogP contribution in [-0.4, -0.2) is 24.8 Å². The first-order chi connectivity index (χ1) is 14.8. The molecule has 9 heteroatoms. The maximum Gasteiger partial charge on any atom is 0.341 e. The number of benzene rings is 3. The van der Waals surface area contributed by atoms with Gasteiger partial charge in [-0.25, -0.2) is 22.4 Å². The SMILES string of the molecule is COc1ccc(-c2cccc(F)c2)c(F)c1CNc1c(F)ccc(OCC(=O)O)c1F. The van der Waals surface area contributed by atoms with Crippen molar-refractivity contribution in [2.75, 3.05) is 19.0 Å². The van der Waals surface area contributed by atoms with Crippen LogP contribution in [0.3, 0.4) is 0 Å². The molecule has 0 spiro atoms. The van der Waals surface area contributed by atoms with Crippen LogP contribution in [0.1, 0.15) is 5.56 Å². The van der Waals surface area contributed by atoms with E-state index in [1.807, 2.05) is 0 Å². The lowest BCUT2D eigenvalue weighted by molar-refractivity contribution is -0.139. The fourth-order valence-corrected chi connectivity index (χ4v) is 2.96. The van der Waals surface area contributed by atoms with Gasteiger partial charge in [0.05, 0.1) is 7.11 Å². The number of rotatable bonds is 8. The Morgan fingerprint density at radius 2 is 1.74 bits per heavy atom. The molecule has 0 amide bonds. The second-order valence-corrected chi connectivity index (χ2v) is 6.39. The standard InChI is InChI=1S/C22H17F4NO4/c1-30-17-7-5-14(12-3-2-4-13(23)9-12)20(25)15(17)10-27-22-16(24)6-8-18(21(22)26)31-11-19(28)29/h2-9,27H,10-11H2,1H3,(H,28,29). The highest BCUT2D eigenvalue weighted by molar-refractivity contribution is 5.69. The number of hydrogen-bond acceptors (Lipinski definition) is 4. The smallest absolute Gasteiger partial charge is 0.341 e. The van der Waals surface area contributed by atoms with Crippen LogP contribution in [0.5, 0.6) is 11.5 Å². The maximum atomic E-state index is 15.2. The molecule has 5 nitrogen and oxygen atoms in total. The average molecular weight is 435 g/mol. The lowest BCUT2D eigenvalue weighted by atomic mass is 10.0. The Hall–Kier alpha value is -3.75. The number of anilines is 1. The third-order valence-corrected chi connectivity index (χ3v) is 4.40. The molecule has 3 aromatic rings. The van der Waals surface area contributed by atoms with Crippen LogP contribution in [0.15, 0.2) is 48.5 Å². The molecule has 0 aliphatic heterocycles. The molecule has 31 heavy (non-hydrogen) atoms. The van der Waals surface area contributed by atoms with Crippen LogP contribution in [-0.2, 0) is 11.3 Å². The second kappa shape index (κ2) is 9.38. The fraction of sp³-hybridized carbons (Fsp3) is 0.136. The van der Waals surface area contributed by atoms with Crippen molar-refractivity contribution in [2.24, 2.45) is 0 Å². The Morgan fingerprint density at radius 1 is 1.00 bits per heavy atom. The highest BCUT2D eigenvalue weighted by atomic mass is 19.1. The Kier molecular flexibility index (Phi) is 6.64. The molecule has 0 aromatic heterocycles. The van der Waals surface area contributed by atoms with E-state index in [2.05, 4.69) is 5.32 Å². The molecular formula is C22H17F4NO4. The molecule has 162 valence electrons. The minimum atomic E-state index is -1.33. The van der Waals surface area contributed by atoms with Gasteiger partial charge < -0.3 is 19.9 Å². The van der Waals surface area contributed by atoms with Gasteiger partial charge in [0.1, 0.15) is 28.9 Å². The summed E-state index contributed by atoms with van der Waals surface area (Å²) in [5.41, 5.74) is -0.306. The minimum absolute atomic E-state index is 0.0417. The summed E-state index contributed by atoms with van der Waals surface area (Å²) >= 11 is 0. The van der Waals surface area contributed by atoms with Gasteiger partial charge in [0.25, 0.3) is 0 Å². The highest BCUT2D eigenvalue weighted by Gasteiger charge is 2.19. The Balaban J connectivity index is 1.93. The number of ether oxygens (including phenoxy) is 2. The van der Waals surface area contributed by atoms with Crippen LogP contribution in [0.2, 0.25) is 0 Å². The summed E-state index contributed by atoms with van der Waals surface area (Å²) in [6.07, 6.45) is 0. The number of carboxylic acid groups (broad SMARTS) is 1. The van der Waals surface area contributed by atoms with Gasteiger partial charge >= 0.3 is 5.97 Å². The summed E-state index contributed by atoms with van der Waals surface area (Å²) in [5, 5.41) is 11.1. The largest absolute Gasteiger partial charge is 0.496 e. The van der Waals surface area contributed by atoms with E-state index in [4.69, 9.17) is 14.6 Å². The van der Waals surface area contributed by atoms with E-state index in [1.165, 1.54) is 37.4 Å². The molecule has 0 fully saturated rings. The molecule has 0 bridgehead atoms. The van der Waals surface area contributed by atoms with Crippen molar-refractivity contribution in [3.8, 4) is 22.6 Å². The molecule has 0 atom stereocenters. The first-order valence-corrected chi connectivity index (χ1v) is 8.99. The molecule has 0 aliphatic rings. The zero-order valence-corrected chi connectivity index (χ0v) is 16.2. The number of aliphatic carboxylic acids is 1. The van der Waals surface area contributed by atoms with Gasteiger partial charge in [-0.2, -0.15) is 0 Å². The van der Waals surface area contributed by atoms with Crippen LogP contribution < -0.4 is 14.8 Å². The quantitative estimate of drug-likeness (QED) is 0.488. The van der Waals surface area contributed by atoms with Crippen molar-refractivity contribution in [1.29, 1.82) is 0 Å². The summed E-state index contributed by atoms with van der Waals surface area (Å²) in [4.78, 5) is 10.6. The van der Waals surface area contributed by atoms with Crippen LogP contribution >= 0.6 is 0 Å². The van der Waals surface area contributed by atoms with Crippen LogP contribution in [0.25, 0.3) is 11.1 Å². The van der Waals surface area contributed by atoms with E-state index in [-0.39, 0.29) is 29.0 Å². The van der Waals surface area contributed by atoms with Gasteiger partial charge in [-0.3, -0.25) is 0 Å². The number of nitrogens with one attached hydrogen (secondary N) is 1. The van der Waals surface area contributed by atoms with Gasteiger partial charge in [-0.15, -0.1) is 0 Å². The summed E-state index contributed by atoms with van der Waals surface area (Å²) in [5.74, 6) is -5.15. The third-order valence-electron chi connectivity index (χ3n) is 4.40. The number of halogens is 4. The molecule has 0 heterocycles. The predicted octanol–water partition coefficient (Wildman–Crippen LogP) is 4.99. The number of hydrogen-bond donors (Lipinski definition) is 2. The molecule has 3 aromatic carbocycles. The zero-order valence-electron chi connectivity index (χ0n) is 16.2. The minimum Gasteiger partial charge on any atom is -0.496 e. The summed E-state index contributed by atoms with van der Waals surface area (Å²) in [6.45, 7) is -1.20. The van der Waals surface area contributed by atoms with E-state index >= 15 is 4.39 Å². The molecule has 0 saturated carbocycles. The third kappa shape index (κ3) is 4.88. The summed E-state index contributed by atoms with van der Waals surface area (Å²) in [7, 11) is 1.31. The number of carboxylic acids is 1. The van der Waals surface area contributed by atoms with E-state index in [0.717, 1.165) is 18.2 Å². The monoisotopic (exact) mass is 435 g/mol. The fourth-order valence-electron chi connectivity index (χ4n) is 2.96. The predicted molar refractivity (Wildman–Crippen MR) is 105 cm³/mol. The molecule has 0 radical (unpaired) electrons. The van der Waals surface area contributed by atoms with Crippen LogP contribution in [0, 0.1) is 23.3 Å². The summed E-state index contributed by atoms with van der Waals surface area (Å²) < 4.78 is 67.4. The number of methoxy groups -OCH3 is 1. The summed E-state index contributed by atoms with van der Waals surface area (Å²) in [6, 6.07) is 10.0. The van der Waals surface area contributed by atoms with Crippen molar-refractivity contribution in [1.82, 2.24) is 0 Å². The van der Waals surface area contributed by atoms with Gasteiger partial charge in [0.15, 0.2) is 18.2 Å². The highest BCUT2D eigenvalue weighted by Crippen LogP contribution is 2.33. The molecule has 0 saturated heterocycles. The van der Waals surface area contributed by atoms with Crippen molar-refractivity contribution in [2.45, 2.75) is 6.54 Å². The Morgan fingerprint density at radius 3 is 2.42 bits per heavy atom. The van der Waals surface area contributed by atoms with Crippen LogP contribution in [0.4, 0.5) is 23.2 Å². The lowest BCUT2D eigenvalue weighted by Gasteiger charge is -2.16. The maximum absolute atomic E-state index is 15.2. The lowest BCUT2D eigenvalue weighted by Crippen LogP contribution is -2.12. The van der Waals surface area contributed by atoms with E-state index < -0.39 is 47.3 Å². The topological polar surface area (TPSA) is 67.8 Å². The average Bonchev–Trinajstić information content (AvgIpc) is 2.73. The normalized spacial score (nSPS) is 10.6. The molecule has 0 aliphatic carbocycles. The van der Waals surface area contributed by atoms with Gasteiger partial charge in [-0.05, 0) is 42.0 Å². The van der Waals surface area contributed by atoms with E-state index in [9.17, 15) is 18.0 Å². The first kappa shape index (κ1) is 21.9. The molecule has 0 unspecified atom stereocenters. The van der Waals surface area contributed by atoms with Crippen molar-refractivity contribution in [3.63, 3.8) is 0 Å².